The van der Waals surface area contributed by atoms with E-state index in [9.17, 15) is 9.59 Å². The van der Waals surface area contributed by atoms with Crippen LogP contribution in [0.3, 0.4) is 0 Å². The van der Waals surface area contributed by atoms with Crippen LogP contribution in [-0.4, -0.2) is 32.9 Å². The molecule has 5 rings (SSSR count). The maximum absolute atomic E-state index is 13.8. The summed E-state index contributed by atoms with van der Waals surface area (Å²) in [7, 11) is 0. The van der Waals surface area contributed by atoms with Crippen molar-refractivity contribution in [3.63, 3.8) is 0 Å². The second-order valence-electron chi connectivity index (χ2n) is 9.28. The summed E-state index contributed by atoms with van der Waals surface area (Å²) in [6.07, 6.45) is 4.53. The molecule has 0 saturated heterocycles. The maximum Gasteiger partial charge on any atom is 0.271 e. The Labute approximate surface area is 187 Å². The van der Waals surface area contributed by atoms with Gasteiger partial charge in [-0.25, -0.2) is 0 Å². The van der Waals surface area contributed by atoms with Crippen molar-refractivity contribution < 1.29 is 9.59 Å². The molecule has 1 aliphatic carbocycles. The Bertz CT molecular complexity index is 1120. The van der Waals surface area contributed by atoms with Crippen LogP contribution in [0.5, 0.6) is 0 Å². The number of carbonyl (C=O) groups is 2. The molecular formula is C25H29N3O2S. The third-order valence-corrected chi connectivity index (χ3v) is 8.00. The lowest BCUT2D eigenvalue weighted by molar-refractivity contribution is -0.134. The molecule has 0 bridgehead atoms. The minimum absolute atomic E-state index is 0.0433. The molecule has 0 radical (unpaired) electrons. The van der Waals surface area contributed by atoms with E-state index >= 15 is 0 Å². The molecule has 162 valence electrons. The van der Waals surface area contributed by atoms with E-state index < -0.39 is 5.54 Å². The lowest BCUT2D eigenvalue weighted by Crippen LogP contribution is -2.65. The molecule has 1 aromatic carbocycles. The predicted molar refractivity (Wildman–Crippen MR) is 124 cm³/mol. The molecule has 3 aromatic rings. The van der Waals surface area contributed by atoms with Crippen LogP contribution in [0.4, 0.5) is 0 Å². The summed E-state index contributed by atoms with van der Waals surface area (Å²) in [5.74, 6) is 0.347. The van der Waals surface area contributed by atoms with Gasteiger partial charge in [-0.1, -0.05) is 50.1 Å². The van der Waals surface area contributed by atoms with Gasteiger partial charge >= 0.3 is 0 Å². The third kappa shape index (κ3) is 3.47. The van der Waals surface area contributed by atoms with Crippen LogP contribution in [0.1, 0.15) is 55.6 Å². The minimum Gasteiger partial charge on any atom is -0.351 e. The summed E-state index contributed by atoms with van der Waals surface area (Å²) in [6, 6.07) is 14.2. The first-order chi connectivity index (χ1) is 15.0. The van der Waals surface area contributed by atoms with Crippen molar-refractivity contribution in [3.05, 3.63) is 59.1 Å². The van der Waals surface area contributed by atoms with Gasteiger partial charge in [0, 0.05) is 12.6 Å². The van der Waals surface area contributed by atoms with Crippen molar-refractivity contribution in [3.8, 4) is 0 Å². The summed E-state index contributed by atoms with van der Waals surface area (Å²) < 4.78 is 3.13. The number of fused-ring (bicyclic) bond motifs is 3. The van der Waals surface area contributed by atoms with Gasteiger partial charge in [0.25, 0.3) is 5.91 Å². The topological polar surface area (TPSA) is 54.3 Å². The van der Waals surface area contributed by atoms with Gasteiger partial charge in [-0.15, -0.1) is 11.3 Å². The average Bonchev–Trinajstić information content (AvgIpc) is 3.36. The number of hydrogen-bond donors (Lipinski definition) is 1. The highest BCUT2D eigenvalue weighted by Gasteiger charge is 2.48. The van der Waals surface area contributed by atoms with Crippen LogP contribution in [-0.2, 0) is 17.9 Å². The van der Waals surface area contributed by atoms with Gasteiger partial charge < -0.3 is 14.8 Å². The number of aromatic nitrogens is 1. The molecule has 1 N–H and O–H groups in total. The van der Waals surface area contributed by atoms with Crippen LogP contribution < -0.4 is 5.32 Å². The number of nitrogens with one attached hydrogen (secondary N) is 1. The lowest BCUT2D eigenvalue weighted by Gasteiger charge is -2.45. The first-order valence-electron chi connectivity index (χ1n) is 11.2. The van der Waals surface area contributed by atoms with Crippen molar-refractivity contribution in [2.75, 3.05) is 0 Å². The normalized spacial score (nSPS) is 26.1. The zero-order chi connectivity index (χ0) is 21.6. The summed E-state index contributed by atoms with van der Waals surface area (Å²) >= 11 is 1.63. The zero-order valence-electron chi connectivity index (χ0n) is 18.1. The van der Waals surface area contributed by atoms with Gasteiger partial charge in [-0.2, -0.15) is 0 Å². The quantitative estimate of drug-likeness (QED) is 0.639. The summed E-state index contributed by atoms with van der Waals surface area (Å²) in [6.45, 7) is 5.04. The van der Waals surface area contributed by atoms with Crippen LogP contribution in [0.25, 0.3) is 10.2 Å². The molecule has 2 amide bonds. The molecule has 1 fully saturated rings. The second kappa shape index (κ2) is 7.83. The van der Waals surface area contributed by atoms with E-state index in [0.29, 0.717) is 24.7 Å². The molecule has 2 aliphatic rings. The number of amides is 2. The van der Waals surface area contributed by atoms with Crippen LogP contribution in [0.15, 0.2) is 47.8 Å². The zero-order valence-corrected chi connectivity index (χ0v) is 19.0. The highest BCUT2D eigenvalue weighted by Crippen LogP contribution is 2.35. The molecule has 1 aliphatic heterocycles. The molecule has 3 heterocycles. The Balaban J connectivity index is 1.53. The van der Waals surface area contributed by atoms with E-state index in [1.807, 2.05) is 59.3 Å². The number of hydrogen-bond acceptors (Lipinski definition) is 3. The van der Waals surface area contributed by atoms with Gasteiger partial charge in [-0.3, -0.25) is 9.59 Å². The first-order valence-corrected chi connectivity index (χ1v) is 12.1. The van der Waals surface area contributed by atoms with Crippen molar-refractivity contribution in [1.82, 2.24) is 14.8 Å². The maximum atomic E-state index is 13.8. The van der Waals surface area contributed by atoms with Crippen molar-refractivity contribution in [2.45, 2.75) is 64.2 Å². The highest BCUT2D eigenvalue weighted by molar-refractivity contribution is 7.17. The van der Waals surface area contributed by atoms with Gasteiger partial charge in [0.15, 0.2) is 0 Å². The monoisotopic (exact) mass is 435 g/mol. The minimum atomic E-state index is -0.953. The first kappa shape index (κ1) is 20.3. The Morgan fingerprint density at radius 1 is 1.19 bits per heavy atom. The van der Waals surface area contributed by atoms with Crippen molar-refractivity contribution in [1.29, 1.82) is 0 Å². The van der Waals surface area contributed by atoms with Crippen LogP contribution >= 0.6 is 11.3 Å². The average molecular weight is 436 g/mol. The summed E-state index contributed by atoms with van der Waals surface area (Å²) in [5.41, 5.74) is 1.79. The van der Waals surface area contributed by atoms with E-state index in [0.717, 1.165) is 35.0 Å². The fourth-order valence-corrected chi connectivity index (χ4v) is 5.96. The molecule has 1 saturated carbocycles. The fourth-order valence-electron chi connectivity index (χ4n) is 5.14. The third-order valence-electron chi connectivity index (χ3n) is 7.15. The van der Waals surface area contributed by atoms with Crippen LogP contribution in [0, 0.1) is 5.92 Å². The van der Waals surface area contributed by atoms with E-state index in [1.54, 1.807) is 16.2 Å². The number of rotatable bonds is 4. The molecule has 3 atom stereocenters. The Kier molecular flexibility index (Phi) is 5.13. The van der Waals surface area contributed by atoms with Crippen LogP contribution in [0.2, 0.25) is 0 Å². The molecule has 31 heavy (non-hydrogen) atoms. The number of thiophene rings is 1. The Hall–Kier alpha value is -2.60. The SMILES string of the molecule is C[C@@H]1CCCC[C@H]1NC(=O)[C@@]1(C)Cn2c(cc3sccc32)C(=O)N1Cc1ccccc1. The smallest absolute Gasteiger partial charge is 0.271 e. The molecule has 2 aromatic heterocycles. The fraction of sp³-hybridized carbons (Fsp3) is 0.440. The van der Waals surface area contributed by atoms with Crippen molar-refractivity contribution in [2.24, 2.45) is 5.92 Å². The molecular weight excluding hydrogens is 406 g/mol. The van der Waals surface area contributed by atoms with E-state index in [2.05, 4.69) is 12.2 Å². The number of benzene rings is 1. The van der Waals surface area contributed by atoms with Gasteiger partial charge in [-0.05, 0) is 48.8 Å². The highest BCUT2D eigenvalue weighted by atomic mass is 32.1. The molecule has 0 unspecified atom stereocenters. The van der Waals surface area contributed by atoms with E-state index in [-0.39, 0.29) is 17.9 Å². The Morgan fingerprint density at radius 2 is 1.97 bits per heavy atom. The van der Waals surface area contributed by atoms with Gasteiger partial charge in [0.1, 0.15) is 11.2 Å². The summed E-state index contributed by atoms with van der Waals surface area (Å²) in [4.78, 5) is 29.2. The van der Waals surface area contributed by atoms with Gasteiger partial charge in [0.05, 0.1) is 16.8 Å². The van der Waals surface area contributed by atoms with E-state index in [1.165, 1.54) is 6.42 Å². The predicted octanol–water partition coefficient (Wildman–Crippen LogP) is 4.81. The van der Waals surface area contributed by atoms with Gasteiger partial charge in [0.2, 0.25) is 5.91 Å². The Morgan fingerprint density at radius 3 is 2.74 bits per heavy atom. The number of nitrogens with zero attached hydrogens (tertiary/aromatic N) is 2. The van der Waals surface area contributed by atoms with Crippen molar-refractivity contribution >= 4 is 33.4 Å². The second-order valence-corrected chi connectivity index (χ2v) is 10.2. The number of carbonyl (C=O) groups excluding carboxylic acids is 2. The molecule has 0 spiro atoms. The standard InChI is InChI=1S/C25H29N3O2S/c1-17-8-6-7-11-19(17)26-24(30)25(2)16-27-20-12-13-31-22(20)14-21(27)23(29)28(25)15-18-9-4-3-5-10-18/h3-5,9-10,12-14,17,19H,6-8,11,15-16H2,1-2H3,(H,26,30)/t17-,19-,25-/m1/s1. The summed E-state index contributed by atoms with van der Waals surface area (Å²) in [5, 5.41) is 5.38. The molecule has 6 heteroatoms. The molecule has 5 nitrogen and oxygen atoms in total. The largest absolute Gasteiger partial charge is 0.351 e. The lowest BCUT2D eigenvalue weighted by atomic mass is 9.85. The van der Waals surface area contributed by atoms with E-state index in [4.69, 9.17) is 0 Å².